The summed E-state index contributed by atoms with van der Waals surface area (Å²) in [6.07, 6.45) is 11.1. The van der Waals surface area contributed by atoms with Gasteiger partial charge in [-0.25, -0.2) is 0 Å². The molecule has 0 aromatic carbocycles. The highest BCUT2D eigenvalue weighted by Crippen LogP contribution is 2.39. The van der Waals surface area contributed by atoms with Gasteiger partial charge in [-0.3, -0.25) is 0 Å². The van der Waals surface area contributed by atoms with Crippen molar-refractivity contribution in [1.29, 1.82) is 0 Å². The van der Waals surface area contributed by atoms with Crippen LogP contribution in [0, 0.1) is 0 Å². The lowest BCUT2D eigenvalue weighted by molar-refractivity contribution is -0.0619. The Morgan fingerprint density at radius 2 is 2.20 bits per heavy atom. The molecule has 2 heteroatoms. The van der Waals surface area contributed by atoms with Gasteiger partial charge in [0.2, 0.25) is 0 Å². The second-order valence-corrected chi connectivity index (χ2v) is 4.36. The maximum absolute atomic E-state index is 5.99. The normalized spacial score (nSPS) is 24.4. The van der Waals surface area contributed by atoms with E-state index in [1.807, 2.05) is 6.08 Å². The first kappa shape index (κ1) is 10.7. The highest BCUT2D eigenvalue weighted by atomic mass is 16.5. The molecule has 1 aliphatic heterocycles. The van der Waals surface area contributed by atoms with Gasteiger partial charge in [-0.1, -0.05) is 25.3 Å². The molecule has 0 atom stereocenters. The monoisotopic (exact) mass is 208 g/mol. The summed E-state index contributed by atoms with van der Waals surface area (Å²) in [6.45, 7) is 5.17. The summed E-state index contributed by atoms with van der Waals surface area (Å²) in [5.41, 5.74) is -0.122. The van der Waals surface area contributed by atoms with Crippen molar-refractivity contribution in [3.05, 3.63) is 24.5 Å². The van der Waals surface area contributed by atoms with Gasteiger partial charge in [0.15, 0.2) is 0 Å². The van der Waals surface area contributed by atoms with Crippen LogP contribution in [0.1, 0.15) is 38.5 Å². The third-order valence-electron chi connectivity index (χ3n) is 3.29. The van der Waals surface area contributed by atoms with Gasteiger partial charge in [0.1, 0.15) is 11.4 Å². The average Bonchev–Trinajstić information content (AvgIpc) is 2.82. The van der Waals surface area contributed by atoms with Crippen molar-refractivity contribution in [2.24, 2.45) is 0 Å². The molecule has 0 aromatic rings. The van der Waals surface area contributed by atoms with Crippen LogP contribution in [-0.4, -0.2) is 18.8 Å². The Labute approximate surface area is 92.0 Å². The van der Waals surface area contributed by atoms with E-state index < -0.39 is 0 Å². The van der Waals surface area contributed by atoms with Crippen LogP contribution in [0.4, 0.5) is 0 Å². The summed E-state index contributed by atoms with van der Waals surface area (Å²) in [5.74, 6) is 1.09. The molecule has 2 nitrogen and oxygen atoms in total. The largest absolute Gasteiger partial charge is 0.495 e. The minimum Gasteiger partial charge on any atom is -0.495 e. The number of hydrogen-bond donors (Lipinski definition) is 0. The summed E-state index contributed by atoms with van der Waals surface area (Å²) in [6, 6.07) is 0. The molecule has 0 aromatic heterocycles. The molecule has 2 rings (SSSR count). The Balaban J connectivity index is 2.09. The summed E-state index contributed by atoms with van der Waals surface area (Å²) in [5, 5.41) is 0. The predicted octanol–water partition coefficient (Wildman–Crippen LogP) is 3.20. The lowest BCUT2D eigenvalue weighted by atomic mass is 9.83. The van der Waals surface area contributed by atoms with Crippen LogP contribution >= 0.6 is 0 Å². The molecule has 84 valence electrons. The molecular formula is C13H20O2. The molecule has 0 unspecified atom stereocenters. The SMILES string of the molecule is C=CCOC1(C2=CCCO2)CCCCC1. The topological polar surface area (TPSA) is 18.5 Å². The minimum absolute atomic E-state index is 0.122. The van der Waals surface area contributed by atoms with Gasteiger partial charge in [0.05, 0.1) is 13.2 Å². The molecule has 0 radical (unpaired) electrons. The van der Waals surface area contributed by atoms with Crippen LogP contribution < -0.4 is 0 Å². The maximum Gasteiger partial charge on any atom is 0.125 e. The van der Waals surface area contributed by atoms with Crippen LogP contribution in [0.2, 0.25) is 0 Å². The number of rotatable bonds is 4. The van der Waals surface area contributed by atoms with Crippen molar-refractivity contribution in [3.8, 4) is 0 Å². The van der Waals surface area contributed by atoms with Gasteiger partial charge in [0, 0.05) is 6.42 Å². The van der Waals surface area contributed by atoms with E-state index in [1.165, 1.54) is 19.3 Å². The van der Waals surface area contributed by atoms with E-state index in [0.29, 0.717) is 6.61 Å². The van der Waals surface area contributed by atoms with E-state index in [0.717, 1.165) is 31.6 Å². The molecular weight excluding hydrogens is 188 g/mol. The molecule has 1 saturated carbocycles. The number of hydrogen-bond acceptors (Lipinski definition) is 2. The molecule has 1 heterocycles. The standard InChI is InChI=1S/C13H20O2/c1-2-10-15-13(8-4-3-5-9-13)12-7-6-11-14-12/h2,7H,1,3-6,8-11H2. The van der Waals surface area contributed by atoms with Crippen molar-refractivity contribution >= 4 is 0 Å². The Morgan fingerprint density at radius 3 is 2.80 bits per heavy atom. The zero-order valence-electron chi connectivity index (χ0n) is 9.34. The van der Waals surface area contributed by atoms with Crippen LogP contribution in [0.15, 0.2) is 24.5 Å². The van der Waals surface area contributed by atoms with Gasteiger partial charge in [-0.15, -0.1) is 6.58 Å². The van der Waals surface area contributed by atoms with Crippen LogP contribution in [0.3, 0.4) is 0 Å². The van der Waals surface area contributed by atoms with Crippen LogP contribution in [0.5, 0.6) is 0 Å². The Kier molecular flexibility index (Phi) is 3.47. The second kappa shape index (κ2) is 4.84. The average molecular weight is 208 g/mol. The maximum atomic E-state index is 5.99. The van der Waals surface area contributed by atoms with E-state index in [4.69, 9.17) is 9.47 Å². The van der Waals surface area contributed by atoms with E-state index >= 15 is 0 Å². The van der Waals surface area contributed by atoms with Crippen molar-refractivity contribution in [3.63, 3.8) is 0 Å². The lowest BCUT2D eigenvalue weighted by Crippen LogP contribution is -2.37. The molecule has 1 aliphatic carbocycles. The van der Waals surface area contributed by atoms with Crippen LogP contribution in [-0.2, 0) is 9.47 Å². The van der Waals surface area contributed by atoms with Crippen molar-refractivity contribution in [2.75, 3.05) is 13.2 Å². The smallest absolute Gasteiger partial charge is 0.125 e. The van der Waals surface area contributed by atoms with E-state index in [2.05, 4.69) is 12.7 Å². The summed E-state index contributed by atoms with van der Waals surface area (Å²) in [4.78, 5) is 0. The fourth-order valence-electron chi connectivity index (χ4n) is 2.54. The van der Waals surface area contributed by atoms with Gasteiger partial charge < -0.3 is 9.47 Å². The van der Waals surface area contributed by atoms with Crippen LogP contribution in [0.25, 0.3) is 0 Å². The fraction of sp³-hybridized carbons (Fsp3) is 0.692. The third kappa shape index (κ3) is 2.25. The fourth-order valence-corrected chi connectivity index (χ4v) is 2.54. The summed E-state index contributed by atoms with van der Waals surface area (Å²) in [7, 11) is 0. The zero-order chi connectivity index (χ0) is 10.6. The lowest BCUT2D eigenvalue weighted by Gasteiger charge is -2.37. The third-order valence-corrected chi connectivity index (χ3v) is 3.29. The molecule has 1 fully saturated rings. The van der Waals surface area contributed by atoms with Gasteiger partial charge in [-0.2, -0.15) is 0 Å². The van der Waals surface area contributed by atoms with Gasteiger partial charge in [-0.05, 0) is 18.9 Å². The minimum atomic E-state index is -0.122. The molecule has 0 amide bonds. The molecule has 0 bridgehead atoms. The second-order valence-electron chi connectivity index (χ2n) is 4.36. The van der Waals surface area contributed by atoms with E-state index in [9.17, 15) is 0 Å². The molecule has 0 spiro atoms. The molecule has 15 heavy (non-hydrogen) atoms. The molecule has 2 aliphatic rings. The van der Waals surface area contributed by atoms with E-state index in [-0.39, 0.29) is 5.60 Å². The molecule has 0 saturated heterocycles. The summed E-state index contributed by atoms with van der Waals surface area (Å²) < 4.78 is 11.7. The Bertz CT molecular complexity index is 249. The van der Waals surface area contributed by atoms with Crippen molar-refractivity contribution in [2.45, 2.75) is 44.1 Å². The predicted molar refractivity (Wildman–Crippen MR) is 60.6 cm³/mol. The quantitative estimate of drug-likeness (QED) is 0.660. The Morgan fingerprint density at radius 1 is 1.40 bits per heavy atom. The van der Waals surface area contributed by atoms with Gasteiger partial charge in [0.25, 0.3) is 0 Å². The molecule has 0 N–H and O–H groups in total. The Hall–Kier alpha value is -0.760. The first-order valence-electron chi connectivity index (χ1n) is 5.96. The summed E-state index contributed by atoms with van der Waals surface area (Å²) >= 11 is 0. The van der Waals surface area contributed by atoms with E-state index in [1.54, 1.807) is 0 Å². The highest BCUT2D eigenvalue weighted by molar-refractivity contribution is 5.15. The zero-order valence-corrected chi connectivity index (χ0v) is 9.34. The highest BCUT2D eigenvalue weighted by Gasteiger charge is 2.39. The van der Waals surface area contributed by atoms with Crippen molar-refractivity contribution < 1.29 is 9.47 Å². The van der Waals surface area contributed by atoms with Gasteiger partial charge >= 0.3 is 0 Å². The first-order chi connectivity index (χ1) is 7.37. The first-order valence-corrected chi connectivity index (χ1v) is 5.96. The number of ether oxygens (including phenoxy) is 2. The van der Waals surface area contributed by atoms with Crippen molar-refractivity contribution in [1.82, 2.24) is 0 Å².